The summed E-state index contributed by atoms with van der Waals surface area (Å²) in [6.45, 7) is 6.01. The molecule has 1 rings (SSSR count). The van der Waals surface area contributed by atoms with E-state index in [0.29, 0.717) is 0 Å². The third-order valence-electron chi connectivity index (χ3n) is 2.62. The fourth-order valence-electron chi connectivity index (χ4n) is 1.50. The molecule has 0 radical (unpaired) electrons. The molecule has 0 unspecified atom stereocenters. The predicted octanol–water partition coefficient (Wildman–Crippen LogP) is 3.56. The van der Waals surface area contributed by atoms with Gasteiger partial charge in [-0.15, -0.1) is 0 Å². The van der Waals surface area contributed by atoms with Gasteiger partial charge in [0.05, 0.1) is 11.5 Å². The van der Waals surface area contributed by atoms with E-state index in [1.165, 1.54) is 5.56 Å². The molecular weight excluding hydrogens is 216 g/mol. The normalized spacial score (nSPS) is 11.3. The molecule has 1 N–H and O–H groups in total. The highest BCUT2D eigenvalue weighted by Gasteiger charge is 2.14. The van der Waals surface area contributed by atoms with Crippen molar-refractivity contribution in [3.8, 4) is 6.07 Å². The second-order valence-electron chi connectivity index (χ2n) is 4.76. The SMILES string of the molecule is CC(C)(C#N)CCCCNCc1ccsc1. The molecule has 0 aliphatic carbocycles. The third-order valence-corrected chi connectivity index (χ3v) is 3.35. The van der Waals surface area contributed by atoms with Gasteiger partial charge in [-0.3, -0.25) is 0 Å². The first kappa shape index (κ1) is 13.2. The van der Waals surface area contributed by atoms with Crippen molar-refractivity contribution < 1.29 is 0 Å². The van der Waals surface area contributed by atoms with E-state index in [-0.39, 0.29) is 5.41 Å². The highest BCUT2D eigenvalue weighted by atomic mass is 32.1. The maximum atomic E-state index is 8.86. The maximum absolute atomic E-state index is 8.86. The number of unbranched alkanes of at least 4 members (excludes halogenated alkanes) is 1. The molecule has 0 saturated carbocycles. The maximum Gasteiger partial charge on any atom is 0.0683 e. The molecule has 0 fully saturated rings. The first-order valence-corrected chi connectivity index (χ1v) is 6.71. The molecule has 0 aliphatic rings. The second-order valence-corrected chi connectivity index (χ2v) is 5.54. The summed E-state index contributed by atoms with van der Waals surface area (Å²) in [5.41, 5.74) is 1.20. The fourth-order valence-corrected chi connectivity index (χ4v) is 2.17. The average molecular weight is 236 g/mol. The summed E-state index contributed by atoms with van der Waals surface area (Å²) < 4.78 is 0. The summed E-state index contributed by atoms with van der Waals surface area (Å²) in [4.78, 5) is 0. The third kappa shape index (κ3) is 5.29. The summed E-state index contributed by atoms with van der Waals surface area (Å²) in [5, 5.41) is 16.5. The van der Waals surface area contributed by atoms with Gasteiger partial charge in [-0.2, -0.15) is 16.6 Å². The Morgan fingerprint density at radius 1 is 1.44 bits per heavy atom. The summed E-state index contributed by atoms with van der Waals surface area (Å²) in [7, 11) is 0. The Kier molecular flexibility index (Phi) is 5.51. The minimum absolute atomic E-state index is 0.159. The lowest BCUT2D eigenvalue weighted by molar-refractivity contribution is 0.422. The van der Waals surface area contributed by atoms with Crippen molar-refractivity contribution in [1.29, 1.82) is 5.26 Å². The number of thiophene rings is 1. The number of rotatable bonds is 7. The molecule has 16 heavy (non-hydrogen) atoms. The molecule has 88 valence electrons. The van der Waals surface area contributed by atoms with Crippen LogP contribution in [0.2, 0.25) is 0 Å². The number of nitrogens with one attached hydrogen (secondary N) is 1. The largest absolute Gasteiger partial charge is 0.313 e. The van der Waals surface area contributed by atoms with Gasteiger partial charge in [0.15, 0.2) is 0 Å². The molecule has 1 aromatic heterocycles. The van der Waals surface area contributed by atoms with Crippen LogP contribution in [0.15, 0.2) is 16.8 Å². The minimum Gasteiger partial charge on any atom is -0.313 e. The molecular formula is C13H20N2S. The molecule has 3 heteroatoms. The van der Waals surface area contributed by atoms with E-state index in [1.807, 2.05) is 13.8 Å². The predicted molar refractivity (Wildman–Crippen MR) is 69.3 cm³/mol. The van der Waals surface area contributed by atoms with Crippen molar-refractivity contribution in [3.63, 3.8) is 0 Å². The van der Waals surface area contributed by atoms with Gasteiger partial charge in [-0.05, 0) is 55.6 Å². The van der Waals surface area contributed by atoms with Crippen LogP contribution in [0.3, 0.4) is 0 Å². The molecule has 0 saturated heterocycles. The number of nitriles is 1. The van der Waals surface area contributed by atoms with Crippen LogP contribution >= 0.6 is 11.3 Å². The Labute approximate surface area is 102 Å². The van der Waals surface area contributed by atoms with Crippen LogP contribution in [0.25, 0.3) is 0 Å². The second kappa shape index (κ2) is 6.67. The van der Waals surface area contributed by atoms with E-state index in [0.717, 1.165) is 32.4 Å². The van der Waals surface area contributed by atoms with Crippen molar-refractivity contribution >= 4 is 11.3 Å². The Morgan fingerprint density at radius 3 is 2.88 bits per heavy atom. The van der Waals surface area contributed by atoms with Crippen LogP contribution in [0.5, 0.6) is 0 Å². The Hall–Kier alpha value is -0.850. The lowest BCUT2D eigenvalue weighted by Crippen LogP contribution is -2.15. The number of hydrogen-bond acceptors (Lipinski definition) is 3. The van der Waals surface area contributed by atoms with E-state index in [4.69, 9.17) is 5.26 Å². The van der Waals surface area contributed by atoms with Gasteiger partial charge in [-0.25, -0.2) is 0 Å². The Bertz CT molecular complexity index is 322. The summed E-state index contributed by atoms with van der Waals surface area (Å²) in [6.07, 6.45) is 3.26. The highest BCUT2D eigenvalue weighted by Crippen LogP contribution is 2.21. The average Bonchev–Trinajstić information content (AvgIpc) is 2.76. The molecule has 0 atom stereocenters. The lowest BCUT2D eigenvalue weighted by atomic mass is 9.89. The van der Waals surface area contributed by atoms with E-state index in [1.54, 1.807) is 11.3 Å². The van der Waals surface area contributed by atoms with E-state index < -0.39 is 0 Å². The van der Waals surface area contributed by atoms with Crippen LogP contribution in [-0.2, 0) is 6.54 Å². The van der Waals surface area contributed by atoms with Crippen molar-refractivity contribution in [2.75, 3.05) is 6.54 Å². The lowest BCUT2D eigenvalue weighted by Gasteiger charge is -2.14. The van der Waals surface area contributed by atoms with E-state index >= 15 is 0 Å². The molecule has 1 heterocycles. The van der Waals surface area contributed by atoms with Crippen LogP contribution in [-0.4, -0.2) is 6.54 Å². The molecule has 0 bridgehead atoms. The van der Waals surface area contributed by atoms with Crippen molar-refractivity contribution in [3.05, 3.63) is 22.4 Å². The Morgan fingerprint density at radius 2 is 2.25 bits per heavy atom. The molecule has 0 amide bonds. The molecule has 0 aromatic carbocycles. The van der Waals surface area contributed by atoms with Crippen LogP contribution < -0.4 is 5.32 Å². The van der Waals surface area contributed by atoms with Crippen LogP contribution in [0.1, 0.15) is 38.7 Å². The first-order valence-electron chi connectivity index (χ1n) is 5.77. The Balaban J connectivity index is 1.99. The van der Waals surface area contributed by atoms with E-state index in [2.05, 4.69) is 28.2 Å². The van der Waals surface area contributed by atoms with Crippen molar-refractivity contribution in [1.82, 2.24) is 5.32 Å². The van der Waals surface area contributed by atoms with Crippen LogP contribution in [0, 0.1) is 16.7 Å². The summed E-state index contributed by atoms with van der Waals surface area (Å²) in [6, 6.07) is 4.48. The van der Waals surface area contributed by atoms with Gasteiger partial charge < -0.3 is 5.32 Å². The smallest absolute Gasteiger partial charge is 0.0683 e. The summed E-state index contributed by atoms with van der Waals surface area (Å²) in [5.74, 6) is 0. The van der Waals surface area contributed by atoms with Crippen LogP contribution in [0.4, 0.5) is 0 Å². The zero-order valence-electron chi connectivity index (χ0n) is 10.1. The zero-order valence-corrected chi connectivity index (χ0v) is 10.9. The van der Waals surface area contributed by atoms with Gasteiger partial charge in [0.25, 0.3) is 0 Å². The number of hydrogen-bond donors (Lipinski definition) is 1. The van der Waals surface area contributed by atoms with Gasteiger partial charge in [0.1, 0.15) is 0 Å². The van der Waals surface area contributed by atoms with Gasteiger partial charge >= 0.3 is 0 Å². The van der Waals surface area contributed by atoms with Crippen molar-refractivity contribution in [2.24, 2.45) is 5.41 Å². The molecule has 0 spiro atoms. The van der Waals surface area contributed by atoms with Gasteiger partial charge in [-0.1, -0.05) is 6.42 Å². The monoisotopic (exact) mass is 236 g/mol. The zero-order chi connectivity index (χ0) is 11.9. The molecule has 1 aromatic rings. The van der Waals surface area contributed by atoms with Gasteiger partial charge in [0, 0.05) is 6.54 Å². The first-order chi connectivity index (χ1) is 7.64. The molecule has 2 nitrogen and oxygen atoms in total. The summed E-state index contributed by atoms with van der Waals surface area (Å²) >= 11 is 1.74. The van der Waals surface area contributed by atoms with E-state index in [9.17, 15) is 0 Å². The fraction of sp³-hybridized carbons (Fsp3) is 0.615. The number of nitrogens with zero attached hydrogens (tertiary/aromatic N) is 1. The molecule has 0 aliphatic heterocycles. The standard InChI is InChI=1S/C13H20N2S/c1-13(2,11-14)6-3-4-7-15-9-12-5-8-16-10-12/h5,8,10,15H,3-4,6-7,9H2,1-2H3. The topological polar surface area (TPSA) is 35.8 Å². The quantitative estimate of drug-likeness (QED) is 0.735. The van der Waals surface area contributed by atoms with Crippen molar-refractivity contribution in [2.45, 2.75) is 39.7 Å². The minimum atomic E-state index is -0.159. The highest BCUT2D eigenvalue weighted by molar-refractivity contribution is 7.07. The van der Waals surface area contributed by atoms with Gasteiger partial charge in [0.2, 0.25) is 0 Å².